The minimum atomic E-state index is 0.0584. The van der Waals surface area contributed by atoms with Crippen LogP contribution in [0.4, 0.5) is 0 Å². The Morgan fingerprint density at radius 1 is 1.28 bits per heavy atom. The Labute approximate surface area is 150 Å². The molecule has 1 aromatic heterocycles. The van der Waals surface area contributed by atoms with Crippen molar-refractivity contribution in [3.63, 3.8) is 0 Å². The molecule has 3 atom stereocenters. The first-order chi connectivity index (χ1) is 12.2. The second kappa shape index (κ2) is 6.63. The van der Waals surface area contributed by atoms with Crippen molar-refractivity contribution in [2.75, 3.05) is 13.7 Å². The van der Waals surface area contributed by atoms with E-state index in [2.05, 4.69) is 9.59 Å². The van der Waals surface area contributed by atoms with Crippen molar-refractivity contribution in [2.45, 2.75) is 38.3 Å². The number of benzene rings is 1. The predicted molar refractivity (Wildman–Crippen MR) is 94.2 cm³/mol. The molecule has 0 spiro atoms. The third kappa shape index (κ3) is 2.97. The van der Waals surface area contributed by atoms with Crippen molar-refractivity contribution < 1.29 is 14.3 Å². The average Bonchev–Trinajstić information content (AvgIpc) is 3.35. The number of nitrogens with zero attached hydrogens (tertiary/aromatic N) is 3. The first-order valence-electron chi connectivity index (χ1n) is 8.56. The molecule has 2 fully saturated rings. The van der Waals surface area contributed by atoms with E-state index in [9.17, 15) is 4.79 Å². The topological polar surface area (TPSA) is 64.6 Å². The Morgan fingerprint density at radius 3 is 2.72 bits per heavy atom. The minimum Gasteiger partial charge on any atom is -0.497 e. The molecule has 1 aromatic carbocycles. The number of methoxy groups -OCH3 is 1. The molecule has 1 amide bonds. The Hall–Kier alpha value is -2.15. The Morgan fingerprint density at radius 2 is 2.04 bits per heavy atom. The molecular formula is C18H21N3O3S. The molecule has 2 bridgehead atoms. The third-order valence-corrected chi connectivity index (χ3v) is 6.12. The number of carbonyl (C=O) groups excluding carboxylic acids is 1. The van der Waals surface area contributed by atoms with Gasteiger partial charge in [-0.2, -0.15) is 0 Å². The van der Waals surface area contributed by atoms with Crippen molar-refractivity contribution in [1.29, 1.82) is 0 Å². The highest BCUT2D eigenvalue weighted by Gasteiger charge is 2.49. The van der Waals surface area contributed by atoms with E-state index in [-0.39, 0.29) is 11.9 Å². The van der Waals surface area contributed by atoms with Gasteiger partial charge in [0.05, 0.1) is 18.8 Å². The second-order valence-electron chi connectivity index (χ2n) is 6.68. The number of fused-ring (bicyclic) bond motifs is 2. The highest BCUT2D eigenvalue weighted by atomic mass is 32.1. The summed E-state index contributed by atoms with van der Waals surface area (Å²) in [5.41, 5.74) is 0.715. The fraction of sp³-hybridized carbons (Fsp3) is 0.500. The van der Waals surface area contributed by atoms with Gasteiger partial charge in [0.1, 0.15) is 23.0 Å². The van der Waals surface area contributed by atoms with Gasteiger partial charge in [-0.1, -0.05) is 4.49 Å². The SMILES string of the molecule is COc1ccc(OC[C@H]2[C@H]3CC[C@@H](C3)N2C(=O)c2snnc2C)cc1. The summed E-state index contributed by atoms with van der Waals surface area (Å²) < 4.78 is 15.1. The van der Waals surface area contributed by atoms with Gasteiger partial charge in [-0.3, -0.25) is 4.79 Å². The molecule has 7 heteroatoms. The van der Waals surface area contributed by atoms with E-state index in [4.69, 9.17) is 9.47 Å². The maximum atomic E-state index is 13.0. The number of ether oxygens (including phenoxy) is 2. The van der Waals surface area contributed by atoms with Crippen LogP contribution in [-0.4, -0.2) is 46.2 Å². The first-order valence-corrected chi connectivity index (χ1v) is 9.33. The first kappa shape index (κ1) is 16.3. The number of aromatic nitrogens is 2. The van der Waals surface area contributed by atoms with Gasteiger partial charge in [-0.25, -0.2) is 0 Å². The molecule has 0 N–H and O–H groups in total. The van der Waals surface area contributed by atoms with Crippen LogP contribution in [0.1, 0.15) is 34.6 Å². The summed E-state index contributed by atoms with van der Waals surface area (Å²) in [6, 6.07) is 8.00. The van der Waals surface area contributed by atoms with Gasteiger partial charge in [0.2, 0.25) is 0 Å². The minimum absolute atomic E-state index is 0.0584. The Kier molecular flexibility index (Phi) is 4.33. The summed E-state index contributed by atoms with van der Waals surface area (Å²) in [5.74, 6) is 2.18. The fourth-order valence-corrected chi connectivity index (χ4v) is 4.62. The molecule has 25 heavy (non-hydrogen) atoms. The quantitative estimate of drug-likeness (QED) is 0.821. The van der Waals surface area contributed by atoms with E-state index in [0.29, 0.717) is 29.1 Å². The maximum Gasteiger partial charge on any atom is 0.268 e. The van der Waals surface area contributed by atoms with Crippen LogP contribution in [0.15, 0.2) is 24.3 Å². The van der Waals surface area contributed by atoms with Crippen molar-refractivity contribution in [1.82, 2.24) is 14.5 Å². The van der Waals surface area contributed by atoms with E-state index < -0.39 is 0 Å². The molecule has 1 saturated carbocycles. The fourth-order valence-electron chi connectivity index (χ4n) is 4.02. The van der Waals surface area contributed by atoms with E-state index in [1.165, 1.54) is 18.0 Å². The summed E-state index contributed by atoms with van der Waals surface area (Å²) in [6.07, 6.45) is 3.33. The van der Waals surface area contributed by atoms with Gasteiger partial charge in [-0.15, -0.1) is 5.10 Å². The molecule has 2 aliphatic rings. The van der Waals surface area contributed by atoms with E-state index in [1.807, 2.05) is 36.1 Å². The zero-order chi connectivity index (χ0) is 17.4. The third-order valence-electron chi connectivity index (χ3n) is 5.30. The summed E-state index contributed by atoms with van der Waals surface area (Å²) in [7, 11) is 1.64. The lowest BCUT2D eigenvalue weighted by Crippen LogP contribution is -2.47. The number of amides is 1. The zero-order valence-electron chi connectivity index (χ0n) is 14.3. The molecular weight excluding hydrogens is 338 g/mol. The van der Waals surface area contributed by atoms with Gasteiger partial charge < -0.3 is 14.4 Å². The molecule has 4 rings (SSSR count). The van der Waals surface area contributed by atoms with Crippen molar-refractivity contribution in [3.8, 4) is 11.5 Å². The Bertz CT molecular complexity index is 761. The lowest BCUT2D eigenvalue weighted by atomic mass is 9.99. The predicted octanol–water partition coefficient (Wildman–Crippen LogP) is 2.93. The molecule has 2 heterocycles. The number of likely N-dealkylation sites (tertiary alicyclic amines) is 1. The van der Waals surface area contributed by atoms with Crippen molar-refractivity contribution in [2.24, 2.45) is 5.92 Å². The second-order valence-corrected chi connectivity index (χ2v) is 7.43. The largest absolute Gasteiger partial charge is 0.497 e. The number of aryl methyl sites for hydroxylation is 1. The van der Waals surface area contributed by atoms with Crippen molar-refractivity contribution >= 4 is 17.4 Å². The highest BCUT2D eigenvalue weighted by molar-refractivity contribution is 7.07. The molecule has 1 aliphatic heterocycles. The summed E-state index contributed by atoms with van der Waals surface area (Å²) in [4.78, 5) is 15.7. The Balaban J connectivity index is 1.49. The highest BCUT2D eigenvalue weighted by Crippen LogP contribution is 2.43. The van der Waals surface area contributed by atoms with Crippen LogP contribution in [0.3, 0.4) is 0 Å². The lowest BCUT2D eigenvalue weighted by molar-refractivity contribution is 0.0509. The van der Waals surface area contributed by atoms with Crippen LogP contribution in [-0.2, 0) is 0 Å². The molecule has 1 saturated heterocycles. The van der Waals surface area contributed by atoms with Gasteiger partial charge in [0.15, 0.2) is 0 Å². The number of piperidine rings is 1. The molecule has 132 valence electrons. The number of rotatable bonds is 5. The number of carbonyl (C=O) groups is 1. The summed E-state index contributed by atoms with van der Waals surface area (Å²) in [5, 5.41) is 3.98. The monoisotopic (exact) mass is 359 g/mol. The maximum absolute atomic E-state index is 13.0. The van der Waals surface area contributed by atoms with E-state index >= 15 is 0 Å². The number of hydrogen-bond donors (Lipinski definition) is 0. The standard InChI is InChI=1S/C18H21N3O3S/c1-11-17(25-20-19-11)18(22)21-13-4-3-12(9-13)16(21)10-24-15-7-5-14(23-2)6-8-15/h5-8,12-13,16H,3-4,9-10H2,1-2H3/t12-,13-,16-/m0/s1. The van der Waals surface area contributed by atoms with E-state index in [1.54, 1.807) is 7.11 Å². The van der Waals surface area contributed by atoms with Crippen LogP contribution in [0.2, 0.25) is 0 Å². The van der Waals surface area contributed by atoms with Gasteiger partial charge in [0, 0.05) is 6.04 Å². The van der Waals surface area contributed by atoms with Gasteiger partial charge in [0.25, 0.3) is 5.91 Å². The van der Waals surface area contributed by atoms with Crippen LogP contribution < -0.4 is 9.47 Å². The van der Waals surface area contributed by atoms with Crippen molar-refractivity contribution in [3.05, 3.63) is 34.8 Å². The van der Waals surface area contributed by atoms with Crippen LogP contribution >= 0.6 is 11.5 Å². The van der Waals surface area contributed by atoms with Gasteiger partial charge in [-0.05, 0) is 67.9 Å². The molecule has 2 aromatic rings. The summed E-state index contributed by atoms with van der Waals surface area (Å²) in [6.45, 7) is 2.36. The molecule has 1 aliphatic carbocycles. The van der Waals surface area contributed by atoms with Crippen LogP contribution in [0.5, 0.6) is 11.5 Å². The van der Waals surface area contributed by atoms with E-state index in [0.717, 1.165) is 24.3 Å². The molecule has 0 radical (unpaired) electrons. The van der Waals surface area contributed by atoms with Gasteiger partial charge >= 0.3 is 0 Å². The normalized spacial score (nSPS) is 24.6. The molecule has 6 nitrogen and oxygen atoms in total. The average molecular weight is 359 g/mol. The zero-order valence-corrected chi connectivity index (χ0v) is 15.2. The number of hydrogen-bond acceptors (Lipinski definition) is 6. The van der Waals surface area contributed by atoms with Crippen LogP contribution in [0, 0.1) is 12.8 Å². The smallest absolute Gasteiger partial charge is 0.268 e. The summed E-state index contributed by atoms with van der Waals surface area (Å²) >= 11 is 1.19. The van der Waals surface area contributed by atoms with Crippen LogP contribution in [0.25, 0.3) is 0 Å². The molecule has 0 unspecified atom stereocenters. The lowest BCUT2D eigenvalue weighted by Gasteiger charge is -2.35.